The number of amides is 3. The first kappa shape index (κ1) is 18.0. The summed E-state index contributed by atoms with van der Waals surface area (Å²) in [6, 6.07) is 2.86. The zero-order chi connectivity index (χ0) is 18.8. The molecule has 1 saturated heterocycles. The minimum atomic E-state index is -0.829. The van der Waals surface area contributed by atoms with E-state index in [4.69, 9.17) is 0 Å². The Hall–Kier alpha value is -2.80. The van der Waals surface area contributed by atoms with Crippen LogP contribution in [-0.2, 0) is 27.5 Å². The summed E-state index contributed by atoms with van der Waals surface area (Å²) in [6.07, 6.45) is 2.17. The number of rotatable bonds is 5. The van der Waals surface area contributed by atoms with E-state index in [0.29, 0.717) is 50.1 Å². The van der Waals surface area contributed by atoms with Crippen LogP contribution in [0.2, 0.25) is 0 Å². The van der Waals surface area contributed by atoms with Gasteiger partial charge in [0, 0.05) is 24.4 Å². The van der Waals surface area contributed by atoms with Crippen molar-refractivity contribution in [1.29, 1.82) is 0 Å². The number of fused-ring (bicyclic) bond motifs is 1. The van der Waals surface area contributed by atoms with Crippen molar-refractivity contribution in [3.8, 4) is 0 Å². The summed E-state index contributed by atoms with van der Waals surface area (Å²) in [7, 11) is 0. The first-order valence-corrected chi connectivity index (χ1v) is 8.49. The van der Waals surface area contributed by atoms with E-state index >= 15 is 0 Å². The van der Waals surface area contributed by atoms with Gasteiger partial charge in [0.05, 0.1) is 6.54 Å². The lowest BCUT2D eigenvalue weighted by Gasteiger charge is -2.30. The molecule has 1 atom stereocenters. The zero-order valence-electron chi connectivity index (χ0n) is 14.7. The predicted molar refractivity (Wildman–Crippen MR) is 93.9 cm³/mol. The number of allylic oxidation sites excluding steroid dienone is 1. The average molecular weight is 355 g/mol. The summed E-state index contributed by atoms with van der Waals surface area (Å²) in [5, 5.41) is 2.60. The Kier molecular flexibility index (Phi) is 4.99. The molecule has 1 aromatic carbocycles. The van der Waals surface area contributed by atoms with Crippen LogP contribution in [0.5, 0.6) is 0 Å². The van der Waals surface area contributed by atoms with Crippen LogP contribution in [0.4, 0.5) is 0 Å². The number of carbonyl (C=O) groups is 4. The highest BCUT2D eigenvalue weighted by atomic mass is 16.2. The predicted octanol–water partition coefficient (Wildman–Crippen LogP) is 0.900. The van der Waals surface area contributed by atoms with E-state index in [0.717, 1.165) is 27.9 Å². The van der Waals surface area contributed by atoms with Gasteiger partial charge in [-0.25, -0.2) is 0 Å². The fourth-order valence-electron chi connectivity index (χ4n) is 3.54. The molecule has 1 unspecified atom stereocenters. The van der Waals surface area contributed by atoms with Crippen LogP contribution in [0.25, 0.3) is 0 Å². The standard InChI is InChI=1S/C19H21N3O4/c1-12-7-14-9-21(5-6-23)10-15(14)8-16(12)19(26)22(11-24)17-4-3-13(2)20-18(17)25/h6-8,11,17H,2-5,9-10H2,1H3,(H,20,25). The highest BCUT2D eigenvalue weighted by Crippen LogP contribution is 2.27. The van der Waals surface area contributed by atoms with E-state index in [1.54, 1.807) is 6.07 Å². The van der Waals surface area contributed by atoms with Crippen LogP contribution >= 0.6 is 0 Å². The van der Waals surface area contributed by atoms with Gasteiger partial charge in [-0.2, -0.15) is 0 Å². The number of benzene rings is 1. The molecule has 26 heavy (non-hydrogen) atoms. The molecular weight excluding hydrogens is 334 g/mol. The summed E-state index contributed by atoms with van der Waals surface area (Å²) in [5.74, 6) is -0.875. The Morgan fingerprint density at radius 2 is 2.04 bits per heavy atom. The molecule has 7 nitrogen and oxygen atoms in total. The van der Waals surface area contributed by atoms with Gasteiger partial charge in [-0.3, -0.25) is 24.2 Å². The second kappa shape index (κ2) is 7.21. The second-order valence-corrected chi connectivity index (χ2v) is 6.74. The van der Waals surface area contributed by atoms with Crippen LogP contribution in [0.15, 0.2) is 24.4 Å². The molecule has 2 aliphatic rings. The Morgan fingerprint density at radius 1 is 1.35 bits per heavy atom. The van der Waals surface area contributed by atoms with Crippen molar-refractivity contribution in [2.75, 3.05) is 6.54 Å². The Morgan fingerprint density at radius 3 is 2.65 bits per heavy atom. The number of hydrogen-bond acceptors (Lipinski definition) is 5. The molecule has 0 aliphatic carbocycles. The fraction of sp³-hybridized carbons (Fsp3) is 0.368. The molecule has 1 N–H and O–H groups in total. The molecule has 0 aromatic heterocycles. The maximum atomic E-state index is 13.0. The maximum Gasteiger partial charge on any atom is 0.261 e. The van der Waals surface area contributed by atoms with Gasteiger partial charge in [0.2, 0.25) is 12.3 Å². The van der Waals surface area contributed by atoms with Crippen molar-refractivity contribution < 1.29 is 19.2 Å². The smallest absolute Gasteiger partial charge is 0.261 e. The number of hydrogen-bond donors (Lipinski definition) is 1. The van der Waals surface area contributed by atoms with Crippen molar-refractivity contribution in [2.24, 2.45) is 0 Å². The summed E-state index contributed by atoms with van der Waals surface area (Å²) >= 11 is 0. The molecule has 0 saturated carbocycles. The first-order valence-electron chi connectivity index (χ1n) is 8.49. The van der Waals surface area contributed by atoms with Gasteiger partial charge < -0.3 is 10.1 Å². The number of carbonyl (C=O) groups excluding carboxylic acids is 4. The van der Waals surface area contributed by atoms with Gasteiger partial charge in [0.1, 0.15) is 12.3 Å². The fourth-order valence-corrected chi connectivity index (χ4v) is 3.54. The lowest BCUT2D eigenvalue weighted by Crippen LogP contribution is -2.51. The number of nitrogens with one attached hydrogen (secondary N) is 1. The van der Waals surface area contributed by atoms with Gasteiger partial charge in [-0.1, -0.05) is 12.6 Å². The van der Waals surface area contributed by atoms with Crippen LogP contribution < -0.4 is 5.32 Å². The number of imide groups is 1. The average Bonchev–Trinajstić information content (AvgIpc) is 2.98. The van der Waals surface area contributed by atoms with Crippen molar-refractivity contribution in [1.82, 2.24) is 15.1 Å². The number of nitrogens with zero attached hydrogens (tertiary/aromatic N) is 2. The molecule has 2 heterocycles. The monoisotopic (exact) mass is 355 g/mol. The molecule has 136 valence electrons. The van der Waals surface area contributed by atoms with E-state index in [1.165, 1.54) is 0 Å². The molecule has 2 aliphatic heterocycles. The third-order valence-electron chi connectivity index (χ3n) is 4.90. The summed E-state index contributed by atoms with van der Waals surface area (Å²) in [5.41, 5.74) is 3.78. The normalized spacial score (nSPS) is 19.7. The van der Waals surface area contributed by atoms with Gasteiger partial charge in [0.25, 0.3) is 5.91 Å². The number of piperidine rings is 1. The molecule has 0 spiro atoms. The molecule has 1 aromatic rings. The number of aldehydes is 1. The van der Waals surface area contributed by atoms with Crippen LogP contribution in [0, 0.1) is 6.92 Å². The third kappa shape index (κ3) is 3.30. The van der Waals surface area contributed by atoms with Gasteiger partial charge in [-0.05, 0) is 42.5 Å². The Balaban J connectivity index is 1.86. The summed E-state index contributed by atoms with van der Waals surface area (Å²) in [4.78, 5) is 50.4. The van der Waals surface area contributed by atoms with E-state index in [9.17, 15) is 19.2 Å². The maximum absolute atomic E-state index is 13.0. The van der Waals surface area contributed by atoms with Crippen molar-refractivity contribution in [2.45, 2.75) is 38.9 Å². The van der Waals surface area contributed by atoms with Crippen LogP contribution in [-0.4, -0.2) is 46.9 Å². The SMILES string of the molecule is C=C1CCC(N(C=O)C(=O)c2cc3c(cc2C)CN(CC=O)C3)C(=O)N1. The number of aryl methyl sites for hydroxylation is 1. The van der Waals surface area contributed by atoms with Crippen LogP contribution in [0.3, 0.4) is 0 Å². The summed E-state index contributed by atoms with van der Waals surface area (Å²) < 4.78 is 0. The Labute approximate surface area is 151 Å². The molecular formula is C19H21N3O4. The molecule has 3 amide bonds. The van der Waals surface area contributed by atoms with E-state index in [2.05, 4.69) is 11.9 Å². The van der Waals surface area contributed by atoms with Gasteiger partial charge in [0.15, 0.2) is 0 Å². The summed E-state index contributed by atoms with van der Waals surface area (Å²) in [6.45, 7) is 7.10. The Bertz CT molecular complexity index is 802. The third-order valence-corrected chi connectivity index (χ3v) is 4.90. The van der Waals surface area contributed by atoms with Gasteiger partial charge >= 0.3 is 0 Å². The molecule has 0 radical (unpaired) electrons. The van der Waals surface area contributed by atoms with E-state index in [-0.39, 0.29) is 0 Å². The molecule has 0 bridgehead atoms. The topological polar surface area (TPSA) is 86.8 Å². The minimum Gasteiger partial charge on any atom is -0.329 e. The van der Waals surface area contributed by atoms with Crippen LogP contribution in [0.1, 0.15) is 39.9 Å². The minimum absolute atomic E-state index is 0.337. The first-order chi connectivity index (χ1) is 12.4. The van der Waals surface area contributed by atoms with Gasteiger partial charge in [-0.15, -0.1) is 0 Å². The highest BCUT2D eigenvalue weighted by Gasteiger charge is 2.34. The lowest BCUT2D eigenvalue weighted by atomic mass is 9.98. The molecule has 1 fully saturated rings. The van der Waals surface area contributed by atoms with Crippen molar-refractivity contribution in [3.05, 3.63) is 46.7 Å². The second-order valence-electron chi connectivity index (χ2n) is 6.74. The highest BCUT2D eigenvalue weighted by molar-refractivity contribution is 6.04. The largest absolute Gasteiger partial charge is 0.329 e. The quantitative estimate of drug-likeness (QED) is 0.793. The lowest BCUT2D eigenvalue weighted by molar-refractivity contribution is -0.131. The van der Waals surface area contributed by atoms with Crippen molar-refractivity contribution >= 4 is 24.5 Å². The van der Waals surface area contributed by atoms with Crippen molar-refractivity contribution in [3.63, 3.8) is 0 Å². The zero-order valence-corrected chi connectivity index (χ0v) is 14.7. The molecule has 3 rings (SSSR count). The van der Waals surface area contributed by atoms with E-state index in [1.807, 2.05) is 17.9 Å². The molecule has 7 heteroatoms. The van der Waals surface area contributed by atoms with E-state index < -0.39 is 17.9 Å².